The predicted octanol–water partition coefficient (Wildman–Crippen LogP) is 10.3. The number of ether oxygens (including phenoxy) is 4. The van der Waals surface area contributed by atoms with Gasteiger partial charge in [0.25, 0.3) is 0 Å². The summed E-state index contributed by atoms with van der Waals surface area (Å²) in [4.78, 5) is 27.5. The van der Waals surface area contributed by atoms with E-state index in [1.807, 2.05) is 84.9 Å². The van der Waals surface area contributed by atoms with Gasteiger partial charge in [0.05, 0.1) is 20.6 Å². The first-order valence-corrected chi connectivity index (χ1v) is 21.7. The maximum absolute atomic E-state index is 14.3. The van der Waals surface area contributed by atoms with Crippen molar-refractivity contribution in [1.29, 1.82) is 0 Å². The number of fused-ring (bicyclic) bond motifs is 7. The molecule has 9 nitrogen and oxygen atoms in total. The highest BCUT2D eigenvalue weighted by atomic mass is 16.6. The average molecular weight is 845 g/mol. The molecular weight excluding hydrogens is 793 g/mol. The van der Waals surface area contributed by atoms with Crippen LogP contribution in [0.2, 0.25) is 0 Å². The van der Waals surface area contributed by atoms with Gasteiger partial charge in [-0.25, -0.2) is 0 Å². The summed E-state index contributed by atoms with van der Waals surface area (Å²) in [7, 11) is 3.08. The van der Waals surface area contributed by atoms with Crippen molar-refractivity contribution in [1.82, 2.24) is 0 Å². The van der Waals surface area contributed by atoms with Crippen LogP contribution < -0.4 is 9.47 Å². The van der Waals surface area contributed by atoms with E-state index in [-0.39, 0.29) is 47.8 Å². The number of carbonyl (C=O) groups excluding carboxylic acids is 2. The third kappa shape index (κ3) is 8.20. The Morgan fingerprint density at radius 1 is 0.746 bits per heavy atom. The Bertz CT molecular complexity index is 2710. The zero-order valence-corrected chi connectivity index (χ0v) is 35.8. The lowest BCUT2D eigenvalue weighted by molar-refractivity contribution is -0.164. The van der Waals surface area contributed by atoms with Gasteiger partial charge in [-0.2, -0.15) is 0 Å². The van der Waals surface area contributed by atoms with Gasteiger partial charge in [0.2, 0.25) is 0 Å². The molecule has 0 unspecified atom stereocenters. The molecule has 3 aliphatic rings. The molecule has 6 aromatic rings. The molecule has 6 aromatic carbocycles. The van der Waals surface area contributed by atoms with Crippen molar-refractivity contribution < 1.29 is 43.9 Å². The van der Waals surface area contributed by atoms with Crippen molar-refractivity contribution >= 4 is 28.8 Å². The minimum Gasteiger partial charge on any atom is -0.508 e. The maximum atomic E-state index is 14.3. The number of rotatable bonds is 9. The molecule has 3 aliphatic carbocycles. The third-order valence-electron chi connectivity index (χ3n) is 13.8. The molecule has 0 radical (unpaired) electrons. The van der Waals surface area contributed by atoms with Crippen molar-refractivity contribution in [3.8, 4) is 39.9 Å². The van der Waals surface area contributed by atoms with E-state index in [0.29, 0.717) is 37.2 Å². The highest BCUT2D eigenvalue weighted by molar-refractivity contribution is 5.98. The first-order chi connectivity index (χ1) is 30.5. The third-order valence-corrected chi connectivity index (χ3v) is 13.8. The van der Waals surface area contributed by atoms with Gasteiger partial charge in [-0.1, -0.05) is 84.9 Å². The number of benzene rings is 6. The predicted molar refractivity (Wildman–Crippen MR) is 242 cm³/mol. The molecule has 322 valence electrons. The Kier molecular flexibility index (Phi) is 11.4. The number of esters is 2. The summed E-state index contributed by atoms with van der Waals surface area (Å²) in [6, 6.07) is 36.7. The molecule has 9 rings (SSSR count). The van der Waals surface area contributed by atoms with Crippen LogP contribution in [0.5, 0.6) is 28.7 Å². The maximum Gasteiger partial charge on any atom is 0.310 e. The summed E-state index contributed by atoms with van der Waals surface area (Å²) in [5.41, 5.74) is 7.08. The van der Waals surface area contributed by atoms with Crippen molar-refractivity contribution in [2.45, 2.75) is 70.0 Å². The number of aromatic hydroxyl groups is 3. The first-order valence-electron chi connectivity index (χ1n) is 21.7. The van der Waals surface area contributed by atoms with Gasteiger partial charge in [0.1, 0.15) is 18.0 Å². The van der Waals surface area contributed by atoms with Crippen molar-refractivity contribution in [3.05, 3.63) is 155 Å². The molecule has 6 atom stereocenters. The first kappa shape index (κ1) is 41.6. The highest BCUT2D eigenvalue weighted by Crippen LogP contribution is 2.60. The zero-order chi connectivity index (χ0) is 43.8. The number of hydrogen-bond donors (Lipinski definition) is 3. The molecule has 1 saturated carbocycles. The second kappa shape index (κ2) is 17.2. The monoisotopic (exact) mass is 844 g/mol. The molecule has 63 heavy (non-hydrogen) atoms. The lowest BCUT2D eigenvalue weighted by atomic mass is 9.49. The van der Waals surface area contributed by atoms with E-state index in [0.717, 1.165) is 61.7 Å². The number of carbonyl (C=O) groups is 2. The van der Waals surface area contributed by atoms with E-state index >= 15 is 0 Å². The van der Waals surface area contributed by atoms with E-state index in [2.05, 4.69) is 24.3 Å². The smallest absolute Gasteiger partial charge is 0.310 e. The Morgan fingerprint density at radius 2 is 1.46 bits per heavy atom. The Labute approximate surface area is 367 Å². The molecular formula is C54H52O9. The minimum atomic E-state index is -0.635. The SMILES string of the molecule is COc1cc2c(cc1O)C[C@@]1(/C=C\c3ccccc3)[C@H](C2)[C@H](OC(C)=O)C[C@@H](OC(=O)Cc2ccc3cc(O)cc(-c4ccccc4)c3c2)C[C@H]2c3cc(OC)c(O)cc3CC[C@@H]21. The number of allylic oxidation sites excluding steroid dienone is 1. The molecule has 0 saturated heterocycles. The van der Waals surface area contributed by atoms with Crippen LogP contribution in [-0.4, -0.2) is 53.7 Å². The molecule has 0 aliphatic heterocycles. The largest absolute Gasteiger partial charge is 0.508 e. The summed E-state index contributed by atoms with van der Waals surface area (Å²) in [5, 5.41) is 34.4. The summed E-state index contributed by atoms with van der Waals surface area (Å²) in [6.45, 7) is 1.43. The van der Waals surface area contributed by atoms with Crippen LogP contribution in [0.1, 0.15) is 65.5 Å². The normalized spacial score (nSPS) is 22.7. The Balaban J connectivity index is 1.14. The fourth-order valence-corrected chi connectivity index (χ4v) is 11.1. The van der Waals surface area contributed by atoms with Crippen LogP contribution in [0, 0.1) is 17.3 Å². The molecule has 0 amide bonds. The van der Waals surface area contributed by atoms with E-state index in [9.17, 15) is 24.9 Å². The van der Waals surface area contributed by atoms with Crippen molar-refractivity contribution in [2.75, 3.05) is 14.2 Å². The van der Waals surface area contributed by atoms with E-state index in [4.69, 9.17) is 18.9 Å². The van der Waals surface area contributed by atoms with Crippen LogP contribution in [0.15, 0.2) is 121 Å². The zero-order valence-electron chi connectivity index (χ0n) is 35.8. The van der Waals surface area contributed by atoms with Gasteiger partial charge in [-0.05, 0) is 142 Å². The summed E-state index contributed by atoms with van der Waals surface area (Å²) < 4.78 is 24.3. The van der Waals surface area contributed by atoms with E-state index < -0.39 is 29.6 Å². The summed E-state index contributed by atoms with van der Waals surface area (Å²) in [6.07, 6.45) is 6.47. The quantitative estimate of drug-likeness (QED) is 0.122. The van der Waals surface area contributed by atoms with Gasteiger partial charge in [0.15, 0.2) is 23.0 Å². The average Bonchev–Trinajstić information content (AvgIpc) is 3.27. The highest BCUT2D eigenvalue weighted by Gasteiger charge is 2.56. The minimum absolute atomic E-state index is 0.00992. The fourth-order valence-electron chi connectivity index (χ4n) is 11.1. The van der Waals surface area contributed by atoms with Gasteiger partial charge in [-0.3, -0.25) is 9.59 Å². The standard InChI is InChI=1S/C54H52O9/c1-32(55)62-50-29-41(63-53(59)21-34-14-15-36-22-40(56)27-43(42(36)20-34)35-12-8-5-9-13-35)28-45-44-30-52(61-3)48(57)24-37(44)16-17-46(45)54(19-18-33-10-6-4-7-11-33)31-39-25-49(58)51(60-2)26-38(39)23-47(50)54/h4-15,18-20,22,24-27,30,41,45-47,50,56-58H,16-17,21,23,28-29,31H2,1-3H3/b19-18-/t41-,45-,46-,47+,50+,54+/m0/s1. The van der Waals surface area contributed by atoms with Crippen LogP contribution in [-0.2, 0) is 44.7 Å². The second-order valence-electron chi connectivity index (χ2n) is 17.4. The molecule has 0 bridgehead atoms. The number of methoxy groups -OCH3 is 2. The van der Waals surface area contributed by atoms with Gasteiger partial charge in [0, 0.05) is 24.7 Å². The van der Waals surface area contributed by atoms with Crippen LogP contribution in [0.25, 0.3) is 28.0 Å². The summed E-state index contributed by atoms with van der Waals surface area (Å²) in [5.74, 6) is -0.222. The molecule has 0 aromatic heterocycles. The van der Waals surface area contributed by atoms with Crippen LogP contribution in [0.3, 0.4) is 0 Å². The van der Waals surface area contributed by atoms with Crippen molar-refractivity contribution in [2.24, 2.45) is 17.3 Å². The van der Waals surface area contributed by atoms with E-state index in [1.165, 1.54) is 14.0 Å². The van der Waals surface area contributed by atoms with Crippen molar-refractivity contribution in [3.63, 3.8) is 0 Å². The number of phenolic OH excluding ortho intramolecular Hbond substituents is 3. The van der Waals surface area contributed by atoms with E-state index in [1.54, 1.807) is 25.3 Å². The topological polar surface area (TPSA) is 132 Å². The number of aryl methyl sites for hydroxylation is 1. The molecule has 0 spiro atoms. The van der Waals surface area contributed by atoms with Gasteiger partial charge < -0.3 is 34.3 Å². The summed E-state index contributed by atoms with van der Waals surface area (Å²) >= 11 is 0. The lowest BCUT2D eigenvalue weighted by Gasteiger charge is -2.56. The van der Waals surface area contributed by atoms with Crippen LogP contribution in [0.4, 0.5) is 0 Å². The second-order valence-corrected chi connectivity index (χ2v) is 17.4. The Hall–Kier alpha value is -6.74. The fraction of sp³-hybridized carbons (Fsp3) is 0.296. The molecule has 1 fully saturated rings. The molecule has 0 heterocycles. The Morgan fingerprint density at radius 3 is 2.19 bits per heavy atom. The molecule has 9 heteroatoms. The van der Waals surface area contributed by atoms with Crippen LogP contribution >= 0.6 is 0 Å². The van der Waals surface area contributed by atoms with Gasteiger partial charge in [-0.15, -0.1) is 0 Å². The number of phenols is 3. The lowest BCUT2D eigenvalue weighted by Crippen LogP contribution is -2.54. The number of hydrogen-bond acceptors (Lipinski definition) is 9. The molecule has 3 N–H and O–H groups in total. The van der Waals surface area contributed by atoms with Gasteiger partial charge >= 0.3 is 11.9 Å².